The molecule has 0 aromatic heterocycles. The molecule has 18 nitrogen and oxygen atoms in total. The van der Waals surface area contributed by atoms with Gasteiger partial charge in [-0.1, -0.05) is 0 Å². The van der Waals surface area contributed by atoms with Gasteiger partial charge in [0.25, 0.3) is 47.3 Å². The van der Waals surface area contributed by atoms with Crippen LogP contribution in [0.5, 0.6) is 0 Å². The van der Waals surface area contributed by atoms with Crippen molar-refractivity contribution in [3.63, 3.8) is 0 Å². The molecule has 0 radical (unpaired) electrons. The van der Waals surface area contributed by atoms with Crippen LogP contribution in [0, 0.1) is 0 Å². The van der Waals surface area contributed by atoms with E-state index in [4.69, 9.17) is 0 Å². The molecule has 2 unspecified atom stereocenters. The van der Waals surface area contributed by atoms with Crippen molar-refractivity contribution in [3.05, 3.63) is 48.6 Å². The van der Waals surface area contributed by atoms with Crippen molar-refractivity contribution in [2.75, 3.05) is 32.7 Å². The summed E-state index contributed by atoms with van der Waals surface area (Å²) in [5.41, 5.74) is 0. The van der Waals surface area contributed by atoms with Gasteiger partial charge >= 0.3 is 0 Å². The molecule has 0 saturated heterocycles. The fourth-order valence-electron chi connectivity index (χ4n) is 6.40. The van der Waals surface area contributed by atoms with E-state index in [1.807, 2.05) is 0 Å². The molecule has 2 atom stereocenters. The van der Waals surface area contributed by atoms with Crippen LogP contribution in [0.25, 0.3) is 0 Å². The maximum atomic E-state index is 13.0. The molecule has 0 aliphatic carbocycles. The van der Waals surface area contributed by atoms with Crippen molar-refractivity contribution in [1.82, 2.24) is 29.8 Å². The predicted octanol–water partition coefficient (Wildman–Crippen LogP) is -0.963. The number of imide groups is 4. The molecule has 10 amide bonds. The highest BCUT2D eigenvalue weighted by molar-refractivity contribution is 6.15. The SMILES string of the molecule is CC(=O)CCC(=O)N(CCCNC(=O)CCC(CN1C(=O)C=CC1=O)N1C(=O)C=CC1=O)CCCC(=O)CCC(CN1C(=O)C=CC1=O)N1C(=O)C=CC1=O. The summed E-state index contributed by atoms with van der Waals surface area (Å²) < 4.78 is 0. The number of carbonyl (C=O) groups is 12. The third kappa shape index (κ3) is 11.4. The molecule has 4 aliphatic heterocycles. The minimum Gasteiger partial charge on any atom is -0.356 e. The summed E-state index contributed by atoms with van der Waals surface area (Å²) in [4.78, 5) is 153. The fraction of sp³-hybridized carbons (Fsp3) is 0.459. The topological polar surface area (TPSA) is 233 Å². The van der Waals surface area contributed by atoms with Crippen LogP contribution in [0.2, 0.25) is 0 Å². The van der Waals surface area contributed by atoms with Crippen LogP contribution in [0.4, 0.5) is 0 Å². The van der Waals surface area contributed by atoms with Gasteiger partial charge in [-0.15, -0.1) is 0 Å². The van der Waals surface area contributed by atoms with Gasteiger partial charge in [0.2, 0.25) is 11.8 Å². The van der Waals surface area contributed by atoms with E-state index in [-0.39, 0.29) is 102 Å². The number of hydrogen-bond acceptors (Lipinski definition) is 12. The van der Waals surface area contributed by atoms with Crippen LogP contribution in [0.1, 0.15) is 64.7 Å². The zero-order valence-electron chi connectivity index (χ0n) is 30.3. The Morgan fingerprint density at radius 2 is 0.964 bits per heavy atom. The van der Waals surface area contributed by atoms with E-state index in [1.54, 1.807) is 0 Å². The molecular formula is C37H42N6O12. The fourth-order valence-corrected chi connectivity index (χ4v) is 6.40. The summed E-state index contributed by atoms with van der Waals surface area (Å²) in [5.74, 6) is -6.03. The average Bonchev–Trinajstić information content (AvgIpc) is 3.86. The molecule has 0 fully saturated rings. The summed E-state index contributed by atoms with van der Waals surface area (Å²) >= 11 is 0. The largest absolute Gasteiger partial charge is 0.356 e. The molecule has 0 bridgehead atoms. The predicted molar refractivity (Wildman–Crippen MR) is 188 cm³/mol. The molecular weight excluding hydrogens is 720 g/mol. The smallest absolute Gasteiger partial charge is 0.253 e. The Morgan fingerprint density at radius 1 is 0.545 bits per heavy atom. The van der Waals surface area contributed by atoms with Crippen LogP contribution >= 0.6 is 0 Å². The first-order valence-electron chi connectivity index (χ1n) is 17.9. The molecule has 4 aliphatic rings. The monoisotopic (exact) mass is 762 g/mol. The summed E-state index contributed by atoms with van der Waals surface area (Å²) in [6.45, 7) is 1.30. The lowest BCUT2D eigenvalue weighted by Gasteiger charge is -2.29. The van der Waals surface area contributed by atoms with Crippen LogP contribution in [0.3, 0.4) is 0 Å². The Labute approximate surface area is 315 Å². The van der Waals surface area contributed by atoms with E-state index in [0.717, 1.165) is 68.2 Å². The van der Waals surface area contributed by atoms with Gasteiger partial charge in [-0.2, -0.15) is 0 Å². The van der Waals surface area contributed by atoms with Crippen molar-refractivity contribution in [2.24, 2.45) is 0 Å². The van der Waals surface area contributed by atoms with E-state index >= 15 is 0 Å². The molecule has 0 aromatic rings. The third-order valence-corrected chi connectivity index (χ3v) is 9.32. The number of nitrogens with one attached hydrogen (secondary N) is 1. The third-order valence-electron chi connectivity index (χ3n) is 9.32. The van der Waals surface area contributed by atoms with E-state index < -0.39 is 65.2 Å². The first-order valence-corrected chi connectivity index (χ1v) is 17.9. The maximum Gasteiger partial charge on any atom is 0.253 e. The van der Waals surface area contributed by atoms with Gasteiger partial charge in [-0.05, 0) is 32.6 Å². The maximum absolute atomic E-state index is 13.0. The minimum absolute atomic E-state index is 0.00397. The summed E-state index contributed by atoms with van der Waals surface area (Å²) in [7, 11) is 0. The zero-order chi connectivity index (χ0) is 40.2. The lowest BCUT2D eigenvalue weighted by atomic mass is 10.0. The van der Waals surface area contributed by atoms with Crippen molar-refractivity contribution in [1.29, 1.82) is 0 Å². The minimum atomic E-state index is -0.936. The highest BCUT2D eigenvalue weighted by atomic mass is 16.2. The van der Waals surface area contributed by atoms with Gasteiger partial charge in [0.15, 0.2) is 0 Å². The molecule has 0 saturated carbocycles. The van der Waals surface area contributed by atoms with Crippen LogP contribution in [-0.4, -0.2) is 140 Å². The Morgan fingerprint density at radius 3 is 1.42 bits per heavy atom. The van der Waals surface area contributed by atoms with Crippen molar-refractivity contribution >= 4 is 70.6 Å². The highest BCUT2D eigenvalue weighted by Gasteiger charge is 2.37. The second kappa shape index (κ2) is 19.2. The normalized spacial score (nSPS) is 17.5. The molecule has 4 rings (SSSR count). The quantitative estimate of drug-likeness (QED) is 0.0980. The van der Waals surface area contributed by atoms with Gasteiger partial charge in [0.05, 0.1) is 25.2 Å². The van der Waals surface area contributed by atoms with Crippen LogP contribution in [-0.2, 0) is 57.5 Å². The second-order valence-electron chi connectivity index (χ2n) is 13.3. The number of amides is 10. The number of nitrogens with zero attached hydrogens (tertiary/aromatic N) is 5. The van der Waals surface area contributed by atoms with Crippen molar-refractivity contribution < 1.29 is 57.5 Å². The number of carbonyl (C=O) groups excluding carboxylic acids is 12. The van der Waals surface area contributed by atoms with Crippen LogP contribution < -0.4 is 5.32 Å². The number of Topliss-reactive ketones (excluding diaryl/α,β-unsaturated/α-hetero) is 2. The number of rotatable bonds is 23. The van der Waals surface area contributed by atoms with Gasteiger partial charge in [0.1, 0.15) is 11.6 Å². The second-order valence-corrected chi connectivity index (χ2v) is 13.3. The van der Waals surface area contributed by atoms with E-state index in [9.17, 15) is 57.5 Å². The summed E-state index contributed by atoms with van der Waals surface area (Å²) in [5, 5.41) is 2.71. The Kier molecular flexibility index (Phi) is 14.5. The summed E-state index contributed by atoms with van der Waals surface area (Å²) in [6, 6.07) is -1.86. The van der Waals surface area contributed by atoms with Crippen molar-refractivity contribution in [3.8, 4) is 0 Å². The molecule has 0 aromatic carbocycles. The lowest BCUT2D eigenvalue weighted by Crippen LogP contribution is -2.49. The Balaban J connectivity index is 1.24. The van der Waals surface area contributed by atoms with E-state index in [1.165, 1.54) is 11.8 Å². The average molecular weight is 763 g/mol. The molecule has 292 valence electrons. The molecule has 1 N–H and O–H groups in total. The Hall–Kier alpha value is -6.20. The van der Waals surface area contributed by atoms with E-state index in [0.29, 0.717) is 6.42 Å². The molecule has 18 heteroatoms. The zero-order valence-corrected chi connectivity index (χ0v) is 30.3. The first kappa shape index (κ1) is 41.6. The van der Waals surface area contributed by atoms with Gasteiger partial charge < -0.3 is 15.0 Å². The van der Waals surface area contributed by atoms with Crippen molar-refractivity contribution in [2.45, 2.75) is 76.8 Å². The summed E-state index contributed by atoms with van der Waals surface area (Å²) in [6.07, 6.45) is 8.92. The van der Waals surface area contributed by atoms with Gasteiger partial charge in [0, 0.05) is 100 Å². The first-order chi connectivity index (χ1) is 26.2. The molecule has 4 heterocycles. The van der Waals surface area contributed by atoms with Crippen LogP contribution in [0.15, 0.2) is 48.6 Å². The molecule has 55 heavy (non-hydrogen) atoms. The Bertz CT molecular complexity index is 1720. The lowest BCUT2D eigenvalue weighted by molar-refractivity contribution is -0.145. The van der Waals surface area contributed by atoms with E-state index in [2.05, 4.69) is 5.32 Å². The van der Waals surface area contributed by atoms with Gasteiger partial charge in [-0.3, -0.25) is 72.3 Å². The number of ketones is 2. The standard InChI is InChI=1S/C37H42N6O12/c1-24(44)5-10-29(47)39(20-2-4-27(45)8-6-25(42-34(52)15-16-35(42)53)22-40-30(48)11-12-31(40)49)21-3-19-38-28(46)9-7-26(43-36(54)17-18-37(43)55)23-41-32(50)13-14-33(41)51/h11-18,25-26H,2-10,19-23H2,1H3,(H,38,46). The number of hydrogen-bond donors (Lipinski definition) is 1. The molecule has 0 spiro atoms. The van der Waals surface area contributed by atoms with Gasteiger partial charge in [-0.25, -0.2) is 0 Å². The highest BCUT2D eigenvalue weighted by Crippen LogP contribution is 2.20.